The largest absolute Gasteiger partial charge is 0.326 e. The van der Waals surface area contributed by atoms with Gasteiger partial charge < -0.3 is 5.73 Å². The Morgan fingerprint density at radius 1 is 1.62 bits per heavy atom. The van der Waals surface area contributed by atoms with Crippen molar-refractivity contribution in [3.8, 4) is 0 Å². The zero-order valence-corrected chi connectivity index (χ0v) is 7.37. The molecule has 0 unspecified atom stereocenters. The van der Waals surface area contributed by atoms with Crippen LogP contribution in [0.5, 0.6) is 0 Å². The molecule has 4 heteroatoms. The van der Waals surface area contributed by atoms with Crippen molar-refractivity contribution in [3.63, 3.8) is 0 Å². The highest BCUT2D eigenvalue weighted by Gasteiger charge is 2.07. The Morgan fingerprint density at radius 3 is 2.77 bits per heavy atom. The van der Waals surface area contributed by atoms with E-state index in [1.807, 2.05) is 6.07 Å². The maximum Gasteiger partial charge on any atom is 0.274 e. The SMILES string of the molecule is Cc1cc(CN)ccc1C(=O)NO. The number of benzene rings is 1. The van der Waals surface area contributed by atoms with E-state index in [4.69, 9.17) is 10.9 Å². The molecule has 0 aliphatic carbocycles. The fourth-order valence-corrected chi connectivity index (χ4v) is 1.17. The molecule has 1 aromatic rings. The zero-order valence-electron chi connectivity index (χ0n) is 7.37. The average molecular weight is 180 g/mol. The minimum absolute atomic E-state index is 0.446. The molecule has 4 nitrogen and oxygen atoms in total. The molecule has 0 radical (unpaired) electrons. The van der Waals surface area contributed by atoms with Gasteiger partial charge in [0.15, 0.2) is 0 Å². The molecule has 1 aromatic carbocycles. The Kier molecular flexibility index (Phi) is 3.00. The van der Waals surface area contributed by atoms with Gasteiger partial charge in [-0.25, -0.2) is 5.48 Å². The second-order valence-corrected chi connectivity index (χ2v) is 2.79. The molecule has 0 aromatic heterocycles. The van der Waals surface area contributed by atoms with Crippen molar-refractivity contribution in [1.82, 2.24) is 5.48 Å². The van der Waals surface area contributed by atoms with Gasteiger partial charge in [0.2, 0.25) is 0 Å². The molecule has 13 heavy (non-hydrogen) atoms. The quantitative estimate of drug-likeness (QED) is 0.460. The zero-order chi connectivity index (χ0) is 9.84. The smallest absolute Gasteiger partial charge is 0.274 e. The third-order valence-corrected chi connectivity index (χ3v) is 1.87. The van der Waals surface area contributed by atoms with E-state index in [9.17, 15) is 4.79 Å². The molecule has 1 amide bonds. The van der Waals surface area contributed by atoms with E-state index in [2.05, 4.69) is 0 Å². The highest BCUT2D eigenvalue weighted by atomic mass is 16.5. The number of rotatable bonds is 2. The van der Waals surface area contributed by atoms with Crippen molar-refractivity contribution in [2.45, 2.75) is 13.5 Å². The predicted molar refractivity (Wildman–Crippen MR) is 48.3 cm³/mol. The fourth-order valence-electron chi connectivity index (χ4n) is 1.17. The molecular weight excluding hydrogens is 168 g/mol. The van der Waals surface area contributed by atoms with Gasteiger partial charge in [0.1, 0.15) is 0 Å². The lowest BCUT2D eigenvalue weighted by Crippen LogP contribution is -2.19. The summed E-state index contributed by atoms with van der Waals surface area (Å²) >= 11 is 0. The van der Waals surface area contributed by atoms with Gasteiger partial charge in [-0.1, -0.05) is 12.1 Å². The van der Waals surface area contributed by atoms with E-state index in [-0.39, 0.29) is 0 Å². The van der Waals surface area contributed by atoms with Crippen molar-refractivity contribution < 1.29 is 10.0 Å². The number of aryl methyl sites for hydroxylation is 1. The van der Waals surface area contributed by atoms with Crippen LogP contribution < -0.4 is 11.2 Å². The summed E-state index contributed by atoms with van der Waals surface area (Å²) < 4.78 is 0. The minimum Gasteiger partial charge on any atom is -0.326 e. The lowest BCUT2D eigenvalue weighted by molar-refractivity contribution is 0.0705. The van der Waals surface area contributed by atoms with Crippen LogP contribution in [-0.4, -0.2) is 11.1 Å². The van der Waals surface area contributed by atoms with E-state index >= 15 is 0 Å². The molecule has 0 aliphatic rings. The lowest BCUT2D eigenvalue weighted by Gasteiger charge is -2.04. The van der Waals surface area contributed by atoms with Crippen molar-refractivity contribution in [2.24, 2.45) is 5.73 Å². The van der Waals surface area contributed by atoms with Crippen LogP contribution >= 0.6 is 0 Å². The van der Waals surface area contributed by atoms with E-state index in [1.165, 1.54) is 0 Å². The molecule has 1 rings (SSSR count). The molecule has 0 aliphatic heterocycles. The standard InChI is InChI=1S/C9H12N2O2/c1-6-4-7(5-10)2-3-8(6)9(12)11-13/h2-4,13H,5,10H2,1H3,(H,11,12). The molecule has 0 heterocycles. The summed E-state index contributed by atoms with van der Waals surface area (Å²) in [7, 11) is 0. The van der Waals surface area contributed by atoms with E-state index in [0.717, 1.165) is 11.1 Å². The van der Waals surface area contributed by atoms with Crippen LogP contribution in [0.25, 0.3) is 0 Å². The van der Waals surface area contributed by atoms with Crippen molar-refractivity contribution in [1.29, 1.82) is 0 Å². The van der Waals surface area contributed by atoms with E-state index < -0.39 is 5.91 Å². The van der Waals surface area contributed by atoms with Crippen LogP contribution in [0.2, 0.25) is 0 Å². The van der Waals surface area contributed by atoms with E-state index in [1.54, 1.807) is 24.5 Å². The van der Waals surface area contributed by atoms with Gasteiger partial charge in [-0.3, -0.25) is 10.0 Å². The molecular formula is C9H12N2O2. The predicted octanol–water partition coefficient (Wildman–Crippen LogP) is 0.573. The summed E-state index contributed by atoms with van der Waals surface area (Å²) in [5.41, 5.74) is 9.24. The number of nitrogens with two attached hydrogens (primary N) is 1. The topological polar surface area (TPSA) is 75.4 Å². The minimum atomic E-state index is -0.499. The Bertz CT molecular complexity index is 323. The maximum atomic E-state index is 11.0. The number of hydroxylamine groups is 1. The highest BCUT2D eigenvalue weighted by molar-refractivity contribution is 5.94. The van der Waals surface area contributed by atoms with Crippen LogP contribution in [0.4, 0.5) is 0 Å². The van der Waals surface area contributed by atoms with Gasteiger partial charge in [-0.15, -0.1) is 0 Å². The molecule has 0 spiro atoms. The highest BCUT2D eigenvalue weighted by Crippen LogP contribution is 2.10. The molecule has 4 N–H and O–H groups in total. The van der Waals surface area contributed by atoms with Crippen molar-refractivity contribution in [3.05, 3.63) is 34.9 Å². The number of hydrogen-bond acceptors (Lipinski definition) is 3. The summed E-state index contributed by atoms with van der Waals surface area (Å²) in [5, 5.41) is 8.41. The third kappa shape index (κ3) is 2.05. The van der Waals surface area contributed by atoms with Gasteiger partial charge in [-0.05, 0) is 24.1 Å². The number of nitrogens with one attached hydrogen (secondary N) is 1. The van der Waals surface area contributed by atoms with Crippen LogP contribution in [0, 0.1) is 6.92 Å². The van der Waals surface area contributed by atoms with Gasteiger partial charge in [0.05, 0.1) is 0 Å². The second-order valence-electron chi connectivity index (χ2n) is 2.79. The number of carbonyl (C=O) groups excluding carboxylic acids is 1. The molecule has 0 saturated carbocycles. The molecule has 0 bridgehead atoms. The van der Waals surface area contributed by atoms with Crippen LogP contribution in [0.1, 0.15) is 21.5 Å². The number of amides is 1. The first-order valence-corrected chi connectivity index (χ1v) is 3.93. The monoisotopic (exact) mass is 180 g/mol. The Labute approximate surface area is 76.3 Å². The molecule has 0 atom stereocenters. The second kappa shape index (κ2) is 4.02. The molecule has 70 valence electrons. The maximum absolute atomic E-state index is 11.0. The van der Waals surface area contributed by atoms with Crippen molar-refractivity contribution in [2.75, 3.05) is 0 Å². The number of carbonyl (C=O) groups is 1. The first-order valence-electron chi connectivity index (χ1n) is 3.93. The van der Waals surface area contributed by atoms with Gasteiger partial charge in [0, 0.05) is 12.1 Å². The summed E-state index contributed by atoms with van der Waals surface area (Å²) in [6.45, 7) is 2.24. The lowest BCUT2D eigenvalue weighted by atomic mass is 10.0. The first-order chi connectivity index (χ1) is 6.19. The van der Waals surface area contributed by atoms with Gasteiger partial charge in [0.25, 0.3) is 5.91 Å². The van der Waals surface area contributed by atoms with Crippen molar-refractivity contribution >= 4 is 5.91 Å². The fraction of sp³-hybridized carbons (Fsp3) is 0.222. The molecule has 0 saturated heterocycles. The Hall–Kier alpha value is -1.39. The summed E-state index contributed by atoms with van der Waals surface area (Å²) in [6.07, 6.45) is 0. The number of hydrogen-bond donors (Lipinski definition) is 3. The van der Waals surface area contributed by atoms with Crippen LogP contribution in [0.15, 0.2) is 18.2 Å². The Balaban J connectivity index is 3.05. The summed E-state index contributed by atoms with van der Waals surface area (Å²) in [4.78, 5) is 11.0. The summed E-state index contributed by atoms with van der Waals surface area (Å²) in [5.74, 6) is -0.499. The van der Waals surface area contributed by atoms with Gasteiger partial charge in [-0.2, -0.15) is 0 Å². The average Bonchev–Trinajstić information content (AvgIpc) is 2.16. The molecule has 0 fully saturated rings. The van der Waals surface area contributed by atoms with Crippen LogP contribution in [0.3, 0.4) is 0 Å². The normalized spacial score (nSPS) is 9.77. The third-order valence-electron chi connectivity index (χ3n) is 1.87. The Morgan fingerprint density at radius 2 is 2.31 bits per heavy atom. The first kappa shape index (κ1) is 9.70. The summed E-state index contributed by atoms with van der Waals surface area (Å²) in [6, 6.07) is 5.23. The van der Waals surface area contributed by atoms with Crippen LogP contribution in [-0.2, 0) is 6.54 Å². The van der Waals surface area contributed by atoms with Gasteiger partial charge >= 0.3 is 0 Å². The van der Waals surface area contributed by atoms with E-state index in [0.29, 0.717) is 12.1 Å².